The highest BCUT2D eigenvalue weighted by molar-refractivity contribution is 5.92. The molecule has 2 rings (SSSR count). The van der Waals surface area contributed by atoms with Crippen LogP contribution in [0.15, 0.2) is 48.5 Å². The summed E-state index contributed by atoms with van der Waals surface area (Å²) in [6.45, 7) is 1.67. The summed E-state index contributed by atoms with van der Waals surface area (Å²) in [6, 6.07) is 12.8. The number of amides is 1. The van der Waals surface area contributed by atoms with Crippen molar-refractivity contribution in [3.8, 4) is 0 Å². The van der Waals surface area contributed by atoms with Gasteiger partial charge in [-0.2, -0.15) is 0 Å². The Kier molecular flexibility index (Phi) is 4.85. The molecule has 0 heterocycles. The average Bonchev–Trinajstić information content (AvgIpc) is 2.48. The first-order valence-corrected chi connectivity index (χ1v) is 6.77. The third-order valence-corrected chi connectivity index (χ3v) is 3.19. The van der Waals surface area contributed by atoms with Gasteiger partial charge in [0.25, 0.3) is 5.69 Å². The fourth-order valence-electron chi connectivity index (χ4n) is 1.97. The van der Waals surface area contributed by atoms with Crippen molar-refractivity contribution in [2.24, 2.45) is 0 Å². The van der Waals surface area contributed by atoms with E-state index in [9.17, 15) is 20.0 Å². The number of aliphatic hydroxyl groups excluding tert-OH is 1. The molecule has 2 aromatic carbocycles. The summed E-state index contributed by atoms with van der Waals surface area (Å²) in [7, 11) is 0. The van der Waals surface area contributed by atoms with E-state index < -0.39 is 11.0 Å². The maximum absolute atomic E-state index is 11.9. The highest BCUT2D eigenvalue weighted by Crippen LogP contribution is 2.16. The lowest BCUT2D eigenvalue weighted by Crippen LogP contribution is -2.14. The summed E-state index contributed by atoms with van der Waals surface area (Å²) < 4.78 is 0. The van der Waals surface area contributed by atoms with E-state index >= 15 is 0 Å². The van der Waals surface area contributed by atoms with Crippen molar-refractivity contribution in [1.82, 2.24) is 0 Å². The van der Waals surface area contributed by atoms with Crippen LogP contribution in [0, 0.1) is 10.1 Å². The summed E-state index contributed by atoms with van der Waals surface area (Å²) in [5.41, 5.74) is 2.10. The van der Waals surface area contributed by atoms with Crippen LogP contribution in [0.4, 0.5) is 11.4 Å². The van der Waals surface area contributed by atoms with E-state index in [1.165, 1.54) is 12.1 Å². The number of carbonyl (C=O) groups is 1. The average molecular weight is 300 g/mol. The molecular formula is C16H16N2O4. The van der Waals surface area contributed by atoms with Crippen LogP contribution in [0.2, 0.25) is 0 Å². The van der Waals surface area contributed by atoms with Gasteiger partial charge < -0.3 is 10.4 Å². The highest BCUT2D eigenvalue weighted by Gasteiger charge is 2.08. The number of nitrogens with one attached hydrogen (secondary N) is 1. The van der Waals surface area contributed by atoms with Crippen molar-refractivity contribution in [3.05, 3.63) is 69.8 Å². The van der Waals surface area contributed by atoms with Crippen molar-refractivity contribution in [1.29, 1.82) is 0 Å². The first-order valence-electron chi connectivity index (χ1n) is 6.77. The lowest BCUT2D eigenvalue weighted by Gasteiger charge is -2.08. The number of nitrogens with zero attached hydrogens (tertiary/aromatic N) is 1. The number of carbonyl (C=O) groups excluding carboxylic acids is 1. The number of hydrogen-bond donors (Lipinski definition) is 2. The van der Waals surface area contributed by atoms with E-state index in [0.29, 0.717) is 11.3 Å². The molecule has 0 saturated carbocycles. The Balaban J connectivity index is 1.96. The molecule has 114 valence electrons. The zero-order valence-electron chi connectivity index (χ0n) is 12.0. The molecule has 0 bridgehead atoms. The Bertz CT molecular complexity index is 664. The van der Waals surface area contributed by atoms with E-state index in [1.54, 1.807) is 43.3 Å². The number of aliphatic hydroxyl groups is 1. The molecule has 0 radical (unpaired) electrons. The summed E-state index contributed by atoms with van der Waals surface area (Å²) in [6.07, 6.45) is -0.416. The van der Waals surface area contributed by atoms with Gasteiger partial charge in [-0.25, -0.2) is 0 Å². The zero-order valence-corrected chi connectivity index (χ0v) is 12.0. The molecule has 0 aromatic heterocycles. The van der Waals surface area contributed by atoms with Crippen LogP contribution in [-0.4, -0.2) is 15.9 Å². The fourth-order valence-corrected chi connectivity index (χ4v) is 1.97. The van der Waals surface area contributed by atoms with Crippen LogP contribution < -0.4 is 5.32 Å². The minimum atomic E-state index is -0.551. The molecule has 0 aliphatic heterocycles. The topological polar surface area (TPSA) is 92.5 Å². The van der Waals surface area contributed by atoms with Gasteiger partial charge in [0.15, 0.2) is 0 Å². The normalized spacial score (nSPS) is 11.7. The molecule has 0 saturated heterocycles. The monoisotopic (exact) mass is 300 g/mol. The molecule has 0 aliphatic rings. The number of non-ortho nitro benzene ring substituents is 1. The second kappa shape index (κ2) is 6.82. The van der Waals surface area contributed by atoms with Gasteiger partial charge in [-0.3, -0.25) is 14.9 Å². The van der Waals surface area contributed by atoms with E-state index in [1.807, 2.05) is 0 Å². The molecule has 0 spiro atoms. The van der Waals surface area contributed by atoms with Crippen LogP contribution in [0.1, 0.15) is 24.2 Å². The van der Waals surface area contributed by atoms with Crippen molar-refractivity contribution < 1.29 is 14.8 Å². The molecule has 0 aliphatic carbocycles. The number of nitro groups is 1. The van der Waals surface area contributed by atoms with E-state index in [0.717, 1.165) is 5.56 Å². The largest absolute Gasteiger partial charge is 0.389 e. The minimum Gasteiger partial charge on any atom is -0.389 e. The molecule has 2 N–H and O–H groups in total. The second-order valence-corrected chi connectivity index (χ2v) is 4.95. The lowest BCUT2D eigenvalue weighted by atomic mass is 10.1. The summed E-state index contributed by atoms with van der Waals surface area (Å²) in [5, 5.41) is 22.7. The number of rotatable bonds is 5. The van der Waals surface area contributed by atoms with Gasteiger partial charge in [0.05, 0.1) is 17.4 Å². The van der Waals surface area contributed by atoms with Gasteiger partial charge >= 0.3 is 0 Å². The quantitative estimate of drug-likeness (QED) is 0.656. The zero-order chi connectivity index (χ0) is 16.1. The Hall–Kier alpha value is -2.73. The third-order valence-electron chi connectivity index (χ3n) is 3.19. The molecule has 1 unspecified atom stereocenters. The predicted molar refractivity (Wildman–Crippen MR) is 82.5 cm³/mol. The van der Waals surface area contributed by atoms with Crippen molar-refractivity contribution >= 4 is 17.3 Å². The minimum absolute atomic E-state index is 0.00197. The van der Waals surface area contributed by atoms with Crippen LogP contribution >= 0.6 is 0 Å². The van der Waals surface area contributed by atoms with Crippen LogP contribution in [0.25, 0.3) is 0 Å². The van der Waals surface area contributed by atoms with Gasteiger partial charge in [-0.05, 0) is 30.2 Å². The van der Waals surface area contributed by atoms with E-state index in [2.05, 4.69) is 5.32 Å². The third kappa shape index (κ3) is 4.13. The fraction of sp³-hybridized carbons (Fsp3) is 0.188. The van der Waals surface area contributed by atoms with Crippen LogP contribution in [0.5, 0.6) is 0 Å². The lowest BCUT2D eigenvalue weighted by molar-refractivity contribution is -0.384. The molecule has 6 heteroatoms. The summed E-state index contributed by atoms with van der Waals surface area (Å²) in [5.74, 6) is -0.210. The standard InChI is InChI=1S/C16H16N2O4/c1-11(19)13-4-6-14(7-5-13)17-16(20)10-12-2-8-15(9-3-12)18(21)22/h2-9,11,19H,10H2,1H3,(H,17,20). The predicted octanol–water partition coefficient (Wildman–Crippen LogP) is 2.83. The van der Waals surface area contributed by atoms with Gasteiger partial charge in [0, 0.05) is 17.8 Å². The first-order chi connectivity index (χ1) is 10.5. The first kappa shape index (κ1) is 15.7. The number of hydrogen-bond acceptors (Lipinski definition) is 4. The summed E-state index contributed by atoms with van der Waals surface area (Å²) in [4.78, 5) is 22.0. The maximum Gasteiger partial charge on any atom is 0.269 e. The van der Waals surface area contributed by atoms with Crippen molar-refractivity contribution in [2.45, 2.75) is 19.4 Å². The second-order valence-electron chi connectivity index (χ2n) is 4.95. The van der Waals surface area contributed by atoms with Gasteiger partial charge in [0.1, 0.15) is 0 Å². The molecule has 6 nitrogen and oxygen atoms in total. The summed E-state index contributed by atoms with van der Waals surface area (Å²) >= 11 is 0. The Morgan fingerprint density at radius 2 is 1.77 bits per heavy atom. The molecule has 0 fully saturated rings. The Morgan fingerprint density at radius 3 is 2.27 bits per heavy atom. The molecule has 1 atom stereocenters. The van der Waals surface area contributed by atoms with Gasteiger partial charge in [-0.1, -0.05) is 24.3 Å². The van der Waals surface area contributed by atoms with Gasteiger partial charge in [0.2, 0.25) is 5.91 Å². The number of nitro benzene ring substituents is 1. The SMILES string of the molecule is CC(O)c1ccc(NC(=O)Cc2ccc([N+](=O)[O-])cc2)cc1. The Morgan fingerprint density at radius 1 is 1.18 bits per heavy atom. The van der Waals surface area contributed by atoms with Crippen molar-refractivity contribution in [3.63, 3.8) is 0 Å². The van der Waals surface area contributed by atoms with Crippen molar-refractivity contribution in [2.75, 3.05) is 5.32 Å². The van der Waals surface area contributed by atoms with Crippen LogP contribution in [0.3, 0.4) is 0 Å². The number of benzene rings is 2. The molecule has 22 heavy (non-hydrogen) atoms. The molecular weight excluding hydrogens is 284 g/mol. The number of anilines is 1. The smallest absolute Gasteiger partial charge is 0.269 e. The maximum atomic E-state index is 11.9. The van der Waals surface area contributed by atoms with E-state index in [-0.39, 0.29) is 18.0 Å². The molecule has 2 aromatic rings. The molecule has 1 amide bonds. The highest BCUT2D eigenvalue weighted by atomic mass is 16.6. The van der Waals surface area contributed by atoms with Gasteiger partial charge in [-0.15, -0.1) is 0 Å². The van der Waals surface area contributed by atoms with Crippen LogP contribution in [-0.2, 0) is 11.2 Å². The van der Waals surface area contributed by atoms with E-state index in [4.69, 9.17) is 0 Å². The Labute approximate surface area is 127 Å².